The highest BCUT2D eigenvalue weighted by Gasteiger charge is 2.31. The van der Waals surface area contributed by atoms with E-state index in [1.54, 1.807) is 18.7 Å². The molecule has 2 aromatic rings. The van der Waals surface area contributed by atoms with Crippen LogP contribution in [-0.2, 0) is 17.0 Å². The van der Waals surface area contributed by atoms with Gasteiger partial charge in [0.25, 0.3) is 0 Å². The molecule has 3 rings (SSSR count). The number of hydrogen-bond donors (Lipinski definition) is 0. The standard InChI is InChI=1S/C18H19NO3S/c1-3-22-18(21)17-12(2)16-14(10-23-11-15(16)20)19(17)9-13-7-5-4-6-8-13/h4-8H,3,9-11H2,1-2H3. The molecule has 1 aliphatic rings. The van der Waals surface area contributed by atoms with Crippen molar-refractivity contribution in [3.8, 4) is 0 Å². The number of ketones is 1. The van der Waals surface area contributed by atoms with Gasteiger partial charge < -0.3 is 9.30 Å². The van der Waals surface area contributed by atoms with Crippen molar-refractivity contribution < 1.29 is 14.3 Å². The van der Waals surface area contributed by atoms with Crippen molar-refractivity contribution in [2.24, 2.45) is 0 Å². The van der Waals surface area contributed by atoms with Gasteiger partial charge in [0.2, 0.25) is 0 Å². The van der Waals surface area contributed by atoms with Gasteiger partial charge in [0, 0.05) is 23.6 Å². The molecule has 0 unspecified atom stereocenters. The van der Waals surface area contributed by atoms with Gasteiger partial charge in [-0.15, -0.1) is 11.8 Å². The van der Waals surface area contributed by atoms with Gasteiger partial charge in [-0.3, -0.25) is 4.79 Å². The van der Waals surface area contributed by atoms with Gasteiger partial charge in [0.15, 0.2) is 5.78 Å². The van der Waals surface area contributed by atoms with Crippen LogP contribution in [0, 0.1) is 6.92 Å². The van der Waals surface area contributed by atoms with Crippen molar-refractivity contribution in [3.63, 3.8) is 0 Å². The van der Waals surface area contributed by atoms with Crippen LogP contribution in [0.2, 0.25) is 0 Å². The van der Waals surface area contributed by atoms with E-state index in [0.29, 0.717) is 30.2 Å². The molecular formula is C18H19NO3S. The van der Waals surface area contributed by atoms with Crippen molar-refractivity contribution >= 4 is 23.5 Å². The lowest BCUT2D eigenvalue weighted by Gasteiger charge is -2.16. The van der Waals surface area contributed by atoms with E-state index >= 15 is 0 Å². The fraction of sp³-hybridized carbons (Fsp3) is 0.333. The number of hydrogen-bond acceptors (Lipinski definition) is 4. The Balaban J connectivity index is 2.13. The maximum absolute atomic E-state index is 12.4. The van der Waals surface area contributed by atoms with E-state index in [-0.39, 0.29) is 11.8 Å². The van der Waals surface area contributed by atoms with Crippen LogP contribution < -0.4 is 0 Å². The highest BCUT2D eigenvalue weighted by molar-refractivity contribution is 7.99. The van der Waals surface area contributed by atoms with E-state index < -0.39 is 0 Å². The number of ether oxygens (including phenoxy) is 1. The minimum absolute atomic E-state index is 0.103. The molecule has 0 spiro atoms. The first kappa shape index (κ1) is 15.9. The highest BCUT2D eigenvalue weighted by atomic mass is 32.2. The summed E-state index contributed by atoms with van der Waals surface area (Å²) in [4.78, 5) is 24.8. The first-order valence-electron chi connectivity index (χ1n) is 7.67. The third kappa shape index (κ3) is 2.93. The van der Waals surface area contributed by atoms with E-state index in [2.05, 4.69) is 0 Å². The molecule has 1 aliphatic heterocycles. The number of rotatable bonds is 4. The Morgan fingerprint density at radius 1 is 1.26 bits per heavy atom. The second kappa shape index (κ2) is 6.62. The molecule has 1 aromatic carbocycles. The number of fused-ring (bicyclic) bond motifs is 1. The first-order valence-corrected chi connectivity index (χ1v) is 8.82. The molecule has 0 fully saturated rings. The summed E-state index contributed by atoms with van der Waals surface area (Å²) in [7, 11) is 0. The Labute approximate surface area is 139 Å². The fourth-order valence-electron chi connectivity index (χ4n) is 3.04. The molecule has 0 aliphatic carbocycles. The van der Waals surface area contributed by atoms with Crippen LogP contribution in [0.25, 0.3) is 0 Å². The Bertz CT molecular complexity index is 749. The predicted molar refractivity (Wildman–Crippen MR) is 91.2 cm³/mol. The average molecular weight is 329 g/mol. The van der Waals surface area contributed by atoms with Gasteiger partial charge >= 0.3 is 5.97 Å². The average Bonchev–Trinajstić information content (AvgIpc) is 2.82. The normalized spacial score (nSPS) is 13.7. The summed E-state index contributed by atoms with van der Waals surface area (Å²) < 4.78 is 7.18. The van der Waals surface area contributed by atoms with Crippen LogP contribution in [0.15, 0.2) is 30.3 Å². The van der Waals surface area contributed by atoms with Crippen molar-refractivity contribution in [2.45, 2.75) is 26.1 Å². The molecule has 1 aromatic heterocycles. The predicted octanol–water partition coefficient (Wildman–Crippen LogP) is 3.45. The molecule has 0 saturated heterocycles. The number of carbonyl (C=O) groups is 2. The monoisotopic (exact) mass is 329 g/mol. The molecule has 0 saturated carbocycles. The number of carbonyl (C=O) groups excluding carboxylic acids is 2. The molecule has 5 heteroatoms. The smallest absolute Gasteiger partial charge is 0.355 e. The van der Waals surface area contributed by atoms with Gasteiger partial charge in [-0.25, -0.2) is 4.79 Å². The van der Waals surface area contributed by atoms with E-state index in [1.165, 1.54) is 0 Å². The summed E-state index contributed by atoms with van der Waals surface area (Å²) in [6.45, 7) is 4.53. The molecule has 23 heavy (non-hydrogen) atoms. The van der Waals surface area contributed by atoms with Crippen molar-refractivity contribution in [3.05, 3.63) is 58.4 Å². The molecule has 0 bridgehead atoms. The lowest BCUT2D eigenvalue weighted by molar-refractivity contribution is 0.0513. The van der Waals surface area contributed by atoms with Gasteiger partial charge in [-0.2, -0.15) is 0 Å². The van der Waals surface area contributed by atoms with Gasteiger partial charge in [-0.05, 0) is 25.0 Å². The minimum Gasteiger partial charge on any atom is -0.461 e. The Hall–Kier alpha value is -2.01. The molecule has 0 amide bonds. The van der Waals surface area contributed by atoms with Crippen LogP contribution in [0.5, 0.6) is 0 Å². The van der Waals surface area contributed by atoms with E-state index in [1.807, 2.05) is 41.8 Å². The van der Waals surface area contributed by atoms with E-state index in [0.717, 1.165) is 22.6 Å². The SMILES string of the molecule is CCOC(=O)c1c(C)c2c(n1Cc1ccccc1)CSCC2=O. The Morgan fingerprint density at radius 2 is 2.00 bits per heavy atom. The van der Waals surface area contributed by atoms with Crippen molar-refractivity contribution in [1.29, 1.82) is 0 Å². The van der Waals surface area contributed by atoms with Crippen molar-refractivity contribution in [2.75, 3.05) is 12.4 Å². The Morgan fingerprint density at radius 3 is 2.70 bits per heavy atom. The molecule has 0 atom stereocenters. The summed E-state index contributed by atoms with van der Waals surface area (Å²) in [6.07, 6.45) is 0. The van der Waals surface area contributed by atoms with E-state index in [9.17, 15) is 9.59 Å². The van der Waals surface area contributed by atoms with Crippen LogP contribution >= 0.6 is 11.8 Å². The lowest BCUT2D eigenvalue weighted by atomic mass is 10.1. The molecular weight excluding hydrogens is 310 g/mol. The molecule has 4 nitrogen and oxygen atoms in total. The van der Waals surface area contributed by atoms with Crippen LogP contribution in [0.1, 0.15) is 44.6 Å². The highest BCUT2D eigenvalue weighted by Crippen LogP contribution is 2.32. The Kier molecular flexibility index (Phi) is 4.57. The van der Waals surface area contributed by atoms with Gasteiger partial charge in [0.1, 0.15) is 5.69 Å². The summed E-state index contributed by atoms with van der Waals surface area (Å²) in [5.41, 5.74) is 4.01. The molecule has 2 heterocycles. The summed E-state index contributed by atoms with van der Waals surface area (Å²) in [5, 5.41) is 0. The quantitative estimate of drug-likeness (QED) is 0.806. The number of esters is 1. The zero-order valence-electron chi connectivity index (χ0n) is 13.3. The number of nitrogens with zero attached hydrogens (tertiary/aromatic N) is 1. The second-order valence-electron chi connectivity index (χ2n) is 5.50. The first-order chi connectivity index (χ1) is 11.1. The zero-order valence-corrected chi connectivity index (χ0v) is 14.1. The zero-order chi connectivity index (χ0) is 16.4. The molecule has 0 N–H and O–H groups in total. The van der Waals surface area contributed by atoms with Crippen molar-refractivity contribution in [1.82, 2.24) is 4.57 Å². The topological polar surface area (TPSA) is 48.3 Å². The minimum atomic E-state index is -0.354. The largest absolute Gasteiger partial charge is 0.461 e. The van der Waals surface area contributed by atoms with Crippen LogP contribution in [0.3, 0.4) is 0 Å². The van der Waals surface area contributed by atoms with E-state index in [4.69, 9.17) is 4.74 Å². The van der Waals surface area contributed by atoms with Crippen LogP contribution in [0.4, 0.5) is 0 Å². The number of aromatic nitrogens is 1. The third-order valence-electron chi connectivity index (χ3n) is 4.02. The summed E-state index contributed by atoms with van der Waals surface area (Å²) in [6, 6.07) is 9.96. The number of Topliss-reactive ketones (excluding diaryl/α,β-unsaturated/α-hetero) is 1. The van der Waals surface area contributed by atoms with Gasteiger partial charge in [0.05, 0.1) is 12.4 Å². The third-order valence-corrected chi connectivity index (χ3v) is 4.96. The van der Waals surface area contributed by atoms with Gasteiger partial charge in [-0.1, -0.05) is 30.3 Å². The number of thioether (sulfide) groups is 1. The number of benzene rings is 1. The summed E-state index contributed by atoms with van der Waals surface area (Å²) in [5.74, 6) is 0.971. The molecule has 0 radical (unpaired) electrons. The maximum atomic E-state index is 12.4. The lowest BCUT2D eigenvalue weighted by Crippen LogP contribution is -2.17. The second-order valence-corrected chi connectivity index (χ2v) is 6.49. The van der Waals surface area contributed by atoms with Crippen LogP contribution in [-0.4, -0.2) is 28.7 Å². The molecule has 120 valence electrons. The summed E-state index contributed by atoms with van der Waals surface area (Å²) >= 11 is 1.60. The fourth-order valence-corrected chi connectivity index (χ4v) is 3.97. The maximum Gasteiger partial charge on any atom is 0.355 e.